The minimum atomic E-state index is -4.53. The molecular weight excluding hydrogens is 271 g/mol. The summed E-state index contributed by atoms with van der Waals surface area (Å²) in [6.45, 7) is 3.03. The fourth-order valence-corrected chi connectivity index (χ4v) is 2.73. The van der Waals surface area contributed by atoms with E-state index >= 15 is 0 Å². The van der Waals surface area contributed by atoms with Gasteiger partial charge in [0, 0.05) is 12.5 Å². The van der Waals surface area contributed by atoms with Gasteiger partial charge in [0.25, 0.3) is 5.82 Å². The van der Waals surface area contributed by atoms with Crippen molar-refractivity contribution in [1.29, 1.82) is 0 Å². The molecule has 1 aromatic rings. The van der Waals surface area contributed by atoms with E-state index in [9.17, 15) is 13.2 Å². The minimum absolute atomic E-state index is 0.0903. The molecule has 1 N–H and O–H groups in total. The first-order chi connectivity index (χ1) is 9.50. The summed E-state index contributed by atoms with van der Waals surface area (Å²) in [5.74, 6) is -0.814. The predicted molar refractivity (Wildman–Crippen MR) is 67.0 cm³/mol. The van der Waals surface area contributed by atoms with E-state index in [4.69, 9.17) is 4.52 Å². The van der Waals surface area contributed by atoms with Crippen LogP contribution in [0, 0.1) is 5.92 Å². The number of rotatable bonds is 5. The van der Waals surface area contributed by atoms with Crippen molar-refractivity contribution >= 4 is 0 Å². The van der Waals surface area contributed by atoms with Crippen LogP contribution in [0.1, 0.15) is 50.7 Å². The van der Waals surface area contributed by atoms with Crippen molar-refractivity contribution < 1.29 is 17.7 Å². The molecule has 1 fully saturated rings. The van der Waals surface area contributed by atoms with Gasteiger partial charge in [-0.25, -0.2) is 0 Å². The molecule has 1 aromatic heterocycles. The molecule has 1 aliphatic rings. The Bertz CT molecular complexity index is 419. The van der Waals surface area contributed by atoms with Crippen LogP contribution in [0.15, 0.2) is 4.52 Å². The van der Waals surface area contributed by atoms with Crippen LogP contribution in [0.3, 0.4) is 0 Å². The van der Waals surface area contributed by atoms with Gasteiger partial charge in [0.15, 0.2) is 0 Å². The van der Waals surface area contributed by atoms with Crippen LogP contribution in [0.5, 0.6) is 0 Å². The Morgan fingerprint density at radius 1 is 1.30 bits per heavy atom. The lowest BCUT2D eigenvalue weighted by Crippen LogP contribution is -2.39. The lowest BCUT2D eigenvalue weighted by Gasteiger charge is -2.31. The molecule has 1 aliphatic carbocycles. The number of aromatic nitrogens is 2. The van der Waals surface area contributed by atoms with Crippen LogP contribution in [0.4, 0.5) is 13.2 Å². The van der Waals surface area contributed by atoms with Gasteiger partial charge in [-0.3, -0.25) is 0 Å². The van der Waals surface area contributed by atoms with Crippen molar-refractivity contribution in [2.75, 3.05) is 6.54 Å². The Labute approximate surface area is 116 Å². The Hall–Kier alpha value is -1.11. The molecule has 0 saturated heterocycles. The minimum Gasteiger partial charge on any atom is -0.339 e. The van der Waals surface area contributed by atoms with Gasteiger partial charge in [0.2, 0.25) is 5.89 Å². The summed E-state index contributed by atoms with van der Waals surface area (Å²) in [6, 6.07) is 0.338. The number of nitrogens with one attached hydrogen (secondary N) is 1. The predicted octanol–water partition coefficient (Wildman–Crippen LogP) is 3.19. The molecule has 20 heavy (non-hydrogen) atoms. The second-order valence-electron chi connectivity index (χ2n) is 5.32. The number of nitrogens with zero attached hydrogens (tertiary/aromatic N) is 2. The fraction of sp³-hybridized carbons (Fsp3) is 0.846. The third-order valence-electron chi connectivity index (χ3n) is 3.72. The average Bonchev–Trinajstić information content (AvgIpc) is 2.86. The molecule has 0 aliphatic heterocycles. The summed E-state index contributed by atoms with van der Waals surface area (Å²) < 4.78 is 42.0. The lowest BCUT2D eigenvalue weighted by molar-refractivity contribution is -0.146. The van der Waals surface area contributed by atoms with E-state index in [0.717, 1.165) is 38.6 Å². The highest BCUT2D eigenvalue weighted by Gasteiger charge is 2.37. The van der Waals surface area contributed by atoms with E-state index in [0.29, 0.717) is 12.5 Å². The lowest BCUT2D eigenvalue weighted by atomic mass is 9.82. The molecule has 114 valence electrons. The van der Waals surface area contributed by atoms with Crippen molar-refractivity contribution in [2.45, 2.75) is 57.7 Å². The maximum absolute atomic E-state index is 12.4. The van der Waals surface area contributed by atoms with Crippen LogP contribution in [0.2, 0.25) is 0 Å². The molecule has 1 heterocycles. The van der Waals surface area contributed by atoms with Gasteiger partial charge in [-0.15, -0.1) is 0 Å². The smallest absolute Gasteiger partial charge is 0.339 e. The standard InChI is InChI=1S/C13H20F3N3O/c1-2-7-17-10-6-4-3-5-9(10)8-11-18-12(19-20-11)13(14,15)16/h9-10,17H,2-8H2,1H3. The van der Waals surface area contributed by atoms with Gasteiger partial charge in [0.1, 0.15) is 0 Å². The molecule has 1 saturated carbocycles. The topological polar surface area (TPSA) is 51.0 Å². The van der Waals surface area contributed by atoms with E-state index in [-0.39, 0.29) is 11.8 Å². The molecule has 2 rings (SSSR count). The van der Waals surface area contributed by atoms with E-state index in [1.54, 1.807) is 0 Å². The third-order valence-corrected chi connectivity index (χ3v) is 3.72. The number of alkyl halides is 3. The Balaban J connectivity index is 1.97. The molecule has 0 spiro atoms. The van der Waals surface area contributed by atoms with E-state index < -0.39 is 12.0 Å². The summed E-state index contributed by atoms with van der Waals surface area (Å²) in [6.07, 6.45) is 1.25. The van der Waals surface area contributed by atoms with Crippen LogP contribution in [0.25, 0.3) is 0 Å². The van der Waals surface area contributed by atoms with Crippen LogP contribution in [-0.2, 0) is 12.6 Å². The van der Waals surface area contributed by atoms with E-state index in [1.807, 2.05) is 0 Å². The van der Waals surface area contributed by atoms with Gasteiger partial charge < -0.3 is 9.84 Å². The average molecular weight is 291 g/mol. The molecule has 0 bridgehead atoms. The Morgan fingerprint density at radius 3 is 2.70 bits per heavy atom. The Morgan fingerprint density at radius 2 is 2.05 bits per heavy atom. The zero-order valence-corrected chi connectivity index (χ0v) is 11.5. The Kier molecular flexibility index (Phi) is 5.01. The maximum atomic E-state index is 12.4. The van der Waals surface area contributed by atoms with E-state index in [1.165, 1.54) is 0 Å². The van der Waals surface area contributed by atoms with E-state index in [2.05, 4.69) is 22.4 Å². The first-order valence-electron chi connectivity index (χ1n) is 7.14. The number of halogens is 3. The zero-order chi connectivity index (χ0) is 14.6. The molecule has 7 heteroatoms. The van der Waals surface area contributed by atoms with Crippen LogP contribution in [-0.4, -0.2) is 22.7 Å². The fourth-order valence-electron chi connectivity index (χ4n) is 2.73. The zero-order valence-electron chi connectivity index (χ0n) is 11.5. The highest BCUT2D eigenvalue weighted by molar-refractivity contribution is 4.94. The van der Waals surface area contributed by atoms with Crippen molar-refractivity contribution in [3.63, 3.8) is 0 Å². The molecule has 2 atom stereocenters. The molecule has 0 aromatic carbocycles. The number of hydrogen-bond donors (Lipinski definition) is 1. The molecule has 0 radical (unpaired) electrons. The van der Waals surface area contributed by atoms with Gasteiger partial charge in [-0.2, -0.15) is 18.2 Å². The monoisotopic (exact) mass is 291 g/mol. The first kappa shape index (κ1) is 15.3. The summed E-state index contributed by atoms with van der Waals surface area (Å²) in [4.78, 5) is 3.46. The largest absolute Gasteiger partial charge is 0.455 e. The molecule has 0 amide bonds. The van der Waals surface area contributed by atoms with Crippen molar-refractivity contribution in [1.82, 2.24) is 15.5 Å². The van der Waals surface area contributed by atoms with Crippen molar-refractivity contribution in [2.24, 2.45) is 5.92 Å². The normalized spacial score (nSPS) is 24.0. The molecular formula is C13H20F3N3O. The highest BCUT2D eigenvalue weighted by Crippen LogP contribution is 2.29. The van der Waals surface area contributed by atoms with Crippen molar-refractivity contribution in [3.05, 3.63) is 11.7 Å². The summed E-state index contributed by atoms with van der Waals surface area (Å²) in [5, 5.41) is 6.48. The molecule has 4 nitrogen and oxygen atoms in total. The second-order valence-corrected chi connectivity index (χ2v) is 5.32. The SMILES string of the molecule is CCCNC1CCCCC1Cc1nc(C(F)(F)F)no1. The van der Waals surface area contributed by atoms with Gasteiger partial charge in [0.05, 0.1) is 0 Å². The number of hydrogen-bond acceptors (Lipinski definition) is 4. The van der Waals surface area contributed by atoms with Gasteiger partial charge in [-0.1, -0.05) is 24.9 Å². The maximum Gasteiger partial charge on any atom is 0.455 e. The van der Waals surface area contributed by atoms with Crippen molar-refractivity contribution in [3.8, 4) is 0 Å². The summed E-state index contributed by atoms with van der Waals surface area (Å²) in [5.41, 5.74) is 0. The van der Waals surface area contributed by atoms with Crippen LogP contribution < -0.4 is 5.32 Å². The summed E-state index contributed by atoms with van der Waals surface area (Å²) >= 11 is 0. The van der Waals surface area contributed by atoms with Crippen LogP contribution >= 0.6 is 0 Å². The highest BCUT2D eigenvalue weighted by atomic mass is 19.4. The van der Waals surface area contributed by atoms with Gasteiger partial charge in [-0.05, 0) is 31.7 Å². The second kappa shape index (κ2) is 6.56. The first-order valence-corrected chi connectivity index (χ1v) is 7.14. The quantitative estimate of drug-likeness (QED) is 0.905. The van der Waals surface area contributed by atoms with Gasteiger partial charge >= 0.3 is 6.18 Å². The molecule has 2 unspecified atom stereocenters. The summed E-state index contributed by atoms with van der Waals surface area (Å²) in [7, 11) is 0. The third kappa shape index (κ3) is 3.94.